The third-order valence-electron chi connectivity index (χ3n) is 6.20. The van der Waals surface area contributed by atoms with Crippen molar-refractivity contribution in [3.63, 3.8) is 0 Å². The van der Waals surface area contributed by atoms with Crippen LogP contribution in [0.15, 0.2) is 47.3 Å². The maximum atomic E-state index is 14.5. The first-order valence-electron chi connectivity index (χ1n) is 11.4. The molecule has 7 nitrogen and oxygen atoms in total. The van der Waals surface area contributed by atoms with Crippen molar-refractivity contribution in [1.82, 2.24) is 14.9 Å². The SMILES string of the molecule is COc1ccc(-c2c(-c3ccc(C#N)c(F)c3)nc(NCC3CCCCCN3)n(C)c2=O)cc1. The lowest BCUT2D eigenvalue weighted by atomic mass is 9.99. The van der Waals surface area contributed by atoms with Crippen LogP contribution in [-0.2, 0) is 7.05 Å². The molecule has 2 aromatic carbocycles. The lowest BCUT2D eigenvalue weighted by Gasteiger charge is -2.20. The summed E-state index contributed by atoms with van der Waals surface area (Å²) in [6, 6.07) is 13.5. The van der Waals surface area contributed by atoms with Crippen molar-refractivity contribution in [3.8, 4) is 34.2 Å². The molecule has 2 heterocycles. The Morgan fingerprint density at radius 1 is 1.21 bits per heavy atom. The number of halogens is 1. The lowest BCUT2D eigenvalue weighted by molar-refractivity contribution is 0.415. The van der Waals surface area contributed by atoms with Crippen LogP contribution < -0.4 is 20.9 Å². The van der Waals surface area contributed by atoms with Crippen LogP contribution >= 0.6 is 0 Å². The molecule has 8 heteroatoms. The van der Waals surface area contributed by atoms with Gasteiger partial charge in [0.25, 0.3) is 5.56 Å². The van der Waals surface area contributed by atoms with Gasteiger partial charge in [-0.25, -0.2) is 9.37 Å². The average molecular weight is 462 g/mol. The molecule has 1 aliphatic rings. The van der Waals surface area contributed by atoms with Gasteiger partial charge >= 0.3 is 0 Å². The Kier molecular flexibility index (Phi) is 7.24. The summed E-state index contributed by atoms with van der Waals surface area (Å²) in [5.41, 5.74) is 1.47. The summed E-state index contributed by atoms with van der Waals surface area (Å²) in [5, 5.41) is 16.0. The fraction of sp³-hybridized carbons (Fsp3) is 0.346. The molecule has 0 bridgehead atoms. The molecular formula is C26H28FN5O2. The summed E-state index contributed by atoms with van der Waals surface area (Å²) >= 11 is 0. The minimum atomic E-state index is -0.652. The highest BCUT2D eigenvalue weighted by Crippen LogP contribution is 2.31. The molecule has 3 aromatic rings. The predicted molar refractivity (Wildman–Crippen MR) is 130 cm³/mol. The molecule has 34 heavy (non-hydrogen) atoms. The Bertz CT molecular complexity index is 1260. The first-order valence-corrected chi connectivity index (χ1v) is 11.4. The van der Waals surface area contributed by atoms with Gasteiger partial charge in [0, 0.05) is 25.2 Å². The Morgan fingerprint density at radius 3 is 2.68 bits per heavy atom. The van der Waals surface area contributed by atoms with Gasteiger partial charge in [-0.2, -0.15) is 5.26 Å². The second-order valence-electron chi connectivity index (χ2n) is 8.44. The fourth-order valence-corrected chi connectivity index (χ4v) is 4.23. The molecule has 1 fully saturated rings. The van der Waals surface area contributed by atoms with E-state index in [0.29, 0.717) is 40.6 Å². The first-order chi connectivity index (χ1) is 16.5. The monoisotopic (exact) mass is 461 g/mol. The third kappa shape index (κ3) is 4.95. The predicted octanol–water partition coefficient (Wildman–Crippen LogP) is 4.08. The zero-order valence-corrected chi connectivity index (χ0v) is 19.4. The molecular weight excluding hydrogens is 433 g/mol. The van der Waals surface area contributed by atoms with E-state index in [2.05, 4.69) is 10.6 Å². The Hall–Kier alpha value is -3.70. The highest BCUT2D eigenvalue weighted by Gasteiger charge is 2.20. The molecule has 0 saturated carbocycles. The Labute approximate surface area is 198 Å². The van der Waals surface area contributed by atoms with Gasteiger partial charge < -0.3 is 15.4 Å². The molecule has 1 aliphatic heterocycles. The summed E-state index contributed by atoms with van der Waals surface area (Å²) < 4.78 is 21.2. The zero-order chi connectivity index (χ0) is 24.1. The van der Waals surface area contributed by atoms with E-state index < -0.39 is 5.82 Å². The van der Waals surface area contributed by atoms with E-state index >= 15 is 0 Å². The van der Waals surface area contributed by atoms with Crippen molar-refractivity contribution in [2.75, 3.05) is 25.5 Å². The maximum Gasteiger partial charge on any atom is 0.263 e. The summed E-state index contributed by atoms with van der Waals surface area (Å²) in [6.45, 7) is 1.61. The van der Waals surface area contributed by atoms with Gasteiger partial charge in [-0.3, -0.25) is 9.36 Å². The number of aromatic nitrogens is 2. The normalized spacial score (nSPS) is 15.9. The van der Waals surface area contributed by atoms with Crippen molar-refractivity contribution in [1.29, 1.82) is 5.26 Å². The van der Waals surface area contributed by atoms with E-state index in [1.807, 2.05) is 6.07 Å². The molecule has 1 atom stereocenters. The van der Waals surface area contributed by atoms with Gasteiger partial charge in [0.1, 0.15) is 17.6 Å². The van der Waals surface area contributed by atoms with E-state index in [1.54, 1.807) is 44.5 Å². The third-order valence-corrected chi connectivity index (χ3v) is 6.20. The van der Waals surface area contributed by atoms with E-state index in [4.69, 9.17) is 15.0 Å². The molecule has 0 spiro atoms. The quantitative estimate of drug-likeness (QED) is 0.575. The molecule has 0 amide bonds. The van der Waals surface area contributed by atoms with Crippen LogP contribution in [0.1, 0.15) is 31.2 Å². The van der Waals surface area contributed by atoms with E-state index in [9.17, 15) is 9.18 Å². The molecule has 1 unspecified atom stereocenters. The van der Waals surface area contributed by atoms with E-state index in [0.717, 1.165) is 25.8 Å². The Morgan fingerprint density at radius 2 is 1.97 bits per heavy atom. The fourth-order valence-electron chi connectivity index (χ4n) is 4.23. The van der Waals surface area contributed by atoms with Gasteiger partial charge in [0.2, 0.25) is 5.95 Å². The average Bonchev–Trinajstić information content (AvgIpc) is 3.14. The number of anilines is 1. The van der Waals surface area contributed by atoms with Crippen LogP contribution in [-0.4, -0.2) is 35.8 Å². The van der Waals surface area contributed by atoms with Gasteiger partial charge in [-0.15, -0.1) is 0 Å². The largest absolute Gasteiger partial charge is 0.497 e. The van der Waals surface area contributed by atoms with Crippen molar-refractivity contribution in [3.05, 3.63) is 64.2 Å². The van der Waals surface area contributed by atoms with E-state index in [1.165, 1.54) is 23.1 Å². The lowest BCUT2D eigenvalue weighted by Crippen LogP contribution is -2.36. The molecule has 0 radical (unpaired) electrons. The van der Waals surface area contributed by atoms with Crippen LogP contribution in [0.25, 0.3) is 22.4 Å². The summed E-state index contributed by atoms with van der Waals surface area (Å²) in [5.74, 6) is 0.419. The standard InChI is InChI=1S/C26H28FN5O2/c1-32-25(33)23(17-9-11-21(34-2)12-10-17)24(18-7-8-19(15-28)22(27)14-18)31-26(32)30-16-20-6-4-3-5-13-29-20/h7-12,14,20,29H,3-6,13,16H2,1-2H3,(H,30,31). The topological polar surface area (TPSA) is 92.0 Å². The number of hydrogen-bond acceptors (Lipinski definition) is 6. The number of methoxy groups -OCH3 is 1. The van der Waals surface area contributed by atoms with Gasteiger partial charge in [-0.1, -0.05) is 31.0 Å². The second-order valence-corrected chi connectivity index (χ2v) is 8.44. The smallest absolute Gasteiger partial charge is 0.263 e. The molecule has 2 N–H and O–H groups in total. The second kappa shape index (κ2) is 10.5. The number of nitrogens with one attached hydrogen (secondary N) is 2. The number of rotatable bonds is 6. The summed E-state index contributed by atoms with van der Waals surface area (Å²) in [7, 11) is 3.25. The van der Waals surface area contributed by atoms with Crippen LogP contribution in [0, 0.1) is 17.1 Å². The minimum Gasteiger partial charge on any atom is -0.497 e. The molecule has 1 aromatic heterocycles. The zero-order valence-electron chi connectivity index (χ0n) is 19.4. The molecule has 0 aliphatic carbocycles. The van der Waals surface area contributed by atoms with Crippen LogP contribution in [0.3, 0.4) is 0 Å². The van der Waals surface area contributed by atoms with Crippen molar-refractivity contribution in [2.24, 2.45) is 7.05 Å². The Balaban J connectivity index is 1.80. The molecule has 1 saturated heterocycles. The first kappa shape index (κ1) is 23.5. The molecule has 4 rings (SSSR count). The number of hydrogen-bond donors (Lipinski definition) is 2. The van der Waals surface area contributed by atoms with Crippen LogP contribution in [0.5, 0.6) is 5.75 Å². The highest BCUT2D eigenvalue weighted by molar-refractivity contribution is 5.81. The van der Waals surface area contributed by atoms with Gasteiger partial charge in [0.05, 0.1) is 23.9 Å². The van der Waals surface area contributed by atoms with Gasteiger partial charge in [0.15, 0.2) is 0 Å². The van der Waals surface area contributed by atoms with Crippen molar-refractivity contribution < 1.29 is 9.13 Å². The van der Waals surface area contributed by atoms with Gasteiger partial charge in [-0.05, 0) is 49.2 Å². The number of nitrogens with zero attached hydrogens (tertiary/aromatic N) is 3. The van der Waals surface area contributed by atoms with Crippen molar-refractivity contribution in [2.45, 2.75) is 31.7 Å². The summed E-state index contributed by atoms with van der Waals surface area (Å²) in [6.07, 6.45) is 4.60. The van der Waals surface area contributed by atoms with Crippen LogP contribution in [0.2, 0.25) is 0 Å². The van der Waals surface area contributed by atoms with Crippen molar-refractivity contribution >= 4 is 5.95 Å². The summed E-state index contributed by atoms with van der Waals surface area (Å²) in [4.78, 5) is 18.3. The van der Waals surface area contributed by atoms with E-state index in [-0.39, 0.29) is 17.2 Å². The minimum absolute atomic E-state index is 0.0589. The maximum absolute atomic E-state index is 14.5. The molecule has 176 valence electrons. The number of benzene rings is 2. The number of nitriles is 1. The number of ether oxygens (including phenoxy) is 1. The van der Waals surface area contributed by atoms with Crippen LogP contribution in [0.4, 0.5) is 10.3 Å². The highest BCUT2D eigenvalue weighted by atomic mass is 19.1.